The van der Waals surface area contributed by atoms with Gasteiger partial charge >= 0.3 is 0 Å². The van der Waals surface area contributed by atoms with Gasteiger partial charge in [-0.15, -0.1) is 0 Å². The maximum atomic E-state index is 4.97. The van der Waals surface area contributed by atoms with Gasteiger partial charge in [-0.2, -0.15) is 0 Å². The van der Waals surface area contributed by atoms with Gasteiger partial charge in [-0.3, -0.25) is 0 Å². The summed E-state index contributed by atoms with van der Waals surface area (Å²) in [6, 6.07) is 10.0. The number of aromatic nitrogens is 1. The van der Waals surface area contributed by atoms with E-state index in [0.717, 1.165) is 11.4 Å². The van der Waals surface area contributed by atoms with Gasteiger partial charge in [-0.25, -0.2) is 0 Å². The zero-order valence-corrected chi connectivity index (χ0v) is 9.56. The van der Waals surface area contributed by atoms with Crippen LogP contribution in [0.3, 0.4) is 0 Å². The van der Waals surface area contributed by atoms with Crippen LogP contribution in [0.2, 0.25) is 0 Å². The molecular formula is C10H9IN2O. The van der Waals surface area contributed by atoms with Gasteiger partial charge < -0.3 is 9.84 Å². The summed E-state index contributed by atoms with van der Waals surface area (Å²) in [7, 11) is 0. The van der Waals surface area contributed by atoms with Crippen LogP contribution in [0.15, 0.2) is 41.1 Å². The van der Waals surface area contributed by atoms with Gasteiger partial charge in [-0.1, -0.05) is 11.2 Å². The Kier molecular flexibility index (Phi) is 3.03. The fourth-order valence-electron chi connectivity index (χ4n) is 1.12. The summed E-state index contributed by atoms with van der Waals surface area (Å²) >= 11 is 2.28. The lowest BCUT2D eigenvalue weighted by Crippen LogP contribution is -1.97. The summed E-state index contributed by atoms with van der Waals surface area (Å²) in [6.07, 6.45) is 1.64. The van der Waals surface area contributed by atoms with Crippen LogP contribution in [-0.4, -0.2) is 5.16 Å². The van der Waals surface area contributed by atoms with Gasteiger partial charge in [-0.05, 0) is 40.8 Å². The number of hydrogen-bond donors (Lipinski definition) is 1. The van der Waals surface area contributed by atoms with E-state index >= 15 is 0 Å². The highest BCUT2D eigenvalue weighted by Gasteiger charge is 1.97. The highest BCUT2D eigenvalue weighted by atomic mass is 127. The van der Waals surface area contributed by atoms with E-state index < -0.39 is 0 Å². The van der Waals surface area contributed by atoms with E-state index in [9.17, 15) is 0 Å². The third kappa shape index (κ3) is 2.47. The highest BCUT2D eigenvalue weighted by molar-refractivity contribution is 14.1. The number of rotatable bonds is 3. The Hall–Kier alpha value is -1.04. The van der Waals surface area contributed by atoms with E-state index in [1.54, 1.807) is 6.20 Å². The maximum Gasteiger partial charge on any atom is 0.155 e. The van der Waals surface area contributed by atoms with Crippen LogP contribution in [-0.2, 0) is 6.54 Å². The zero-order valence-electron chi connectivity index (χ0n) is 7.40. The van der Waals surface area contributed by atoms with Crippen molar-refractivity contribution in [3.05, 3.63) is 45.9 Å². The normalized spacial score (nSPS) is 10.1. The molecule has 14 heavy (non-hydrogen) atoms. The van der Waals surface area contributed by atoms with Crippen molar-refractivity contribution in [2.75, 3.05) is 5.32 Å². The quantitative estimate of drug-likeness (QED) is 0.886. The topological polar surface area (TPSA) is 38.1 Å². The monoisotopic (exact) mass is 300 g/mol. The van der Waals surface area contributed by atoms with E-state index in [1.807, 2.05) is 18.2 Å². The van der Waals surface area contributed by atoms with Gasteiger partial charge in [0.05, 0.1) is 12.7 Å². The Morgan fingerprint density at radius 2 is 2.29 bits per heavy atom. The molecule has 0 aliphatic rings. The molecule has 3 nitrogen and oxygen atoms in total. The van der Waals surface area contributed by atoms with Gasteiger partial charge in [0.1, 0.15) is 0 Å². The number of benzene rings is 1. The second-order valence-corrected chi connectivity index (χ2v) is 4.09. The van der Waals surface area contributed by atoms with Crippen molar-refractivity contribution < 1.29 is 4.52 Å². The van der Waals surface area contributed by atoms with E-state index in [2.05, 4.69) is 45.2 Å². The summed E-state index contributed by atoms with van der Waals surface area (Å²) in [5, 5.41) is 6.88. The molecule has 0 spiro atoms. The van der Waals surface area contributed by atoms with Crippen molar-refractivity contribution in [2.24, 2.45) is 0 Å². The number of nitrogens with zero attached hydrogens (tertiary/aromatic N) is 1. The molecule has 1 aromatic carbocycles. The number of nitrogens with one attached hydrogen (secondary N) is 1. The van der Waals surface area contributed by atoms with Crippen molar-refractivity contribution in [3.63, 3.8) is 0 Å². The fraction of sp³-hybridized carbons (Fsp3) is 0.100. The molecule has 0 saturated carbocycles. The van der Waals surface area contributed by atoms with E-state index in [4.69, 9.17) is 4.52 Å². The average molecular weight is 300 g/mol. The molecule has 72 valence electrons. The molecule has 0 unspecified atom stereocenters. The van der Waals surface area contributed by atoms with Crippen LogP contribution in [0.5, 0.6) is 0 Å². The summed E-state index contributed by atoms with van der Waals surface area (Å²) in [4.78, 5) is 0. The molecule has 4 heteroatoms. The van der Waals surface area contributed by atoms with Crippen LogP contribution in [0.1, 0.15) is 5.76 Å². The first-order valence-corrected chi connectivity index (χ1v) is 5.31. The van der Waals surface area contributed by atoms with Gasteiger partial charge in [0, 0.05) is 15.3 Å². The molecule has 1 aromatic heterocycles. The van der Waals surface area contributed by atoms with Crippen molar-refractivity contribution >= 4 is 28.3 Å². The molecule has 2 rings (SSSR count). The standard InChI is InChI=1S/C10H9IN2O/c11-8-2-1-3-9(6-8)12-7-10-4-5-13-14-10/h1-6,12H,7H2. The van der Waals surface area contributed by atoms with Crippen molar-refractivity contribution in [1.29, 1.82) is 0 Å². The Morgan fingerprint density at radius 1 is 1.36 bits per heavy atom. The fourth-order valence-corrected chi connectivity index (χ4v) is 1.66. The lowest BCUT2D eigenvalue weighted by atomic mass is 10.3. The van der Waals surface area contributed by atoms with Crippen LogP contribution < -0.4 is 5.32 Å². The maximum absolute atomic E-state index is 4.97. The Morgan fingerprint density at radius 3 is 3.00 bits per heavy atom. The SMILES string of the molecule is Ic1cccc(NCc2ccno2)c1. The largest absolute Gasteiger partial charge is 0.378 e. The van der Waals surface area contributed by atoms with Crippen molar-refractivity contribution in [2.45, 2.75) is 6.54 Å². The van der Waals surface area contributed by atoms with Crippen LogP contribution in [0.4, 0.5) is 5.69 Å². The Balaban J connectivity index is 1.98. The Bertz CT molecular complexity index is 400. The first-order chi connectivity index (χ1) is 6.84. The van der Waals surface area contributed by atoms with Crippen LogP contribution >= 0.6 is 22.6 Å². The lowest BCUT2D eigenvalue weighted by molar-refractivity contribution is 0.388. The van der Waals surface area contributed by atoms with Crippen molar-refractivity contribution in [3.8, 4) is 0 Å². The minimum atomic E-state index is 0.667. The third-order valence-electron chi connectivity index (χ3n) is 1.78. The molecule has 0 amide bonds. The molecule has 0 saturated heterocycles. The second-order valence-electron chi connectivity index (χ2n) is 2.84. The minimum Gasteiger partial charge on any atom is -0.378 e. The summed E-state index contributed by atoms with van der Waals surface area (Å²) in [6.45, 7) is 0.667. The first-order valence-electron chi connectivity index (χ1n) is 4.23. The first kappa shape index (κ1) is 9.51. The molecule has 1 heterocycles. The molecule has 0 aliphatic carbocycles. The molecule has 0 radical (unpaired) electrons. The predicted molar refractivity (Wildman–Crippen MR) is 63.0 cm³/mol. The Labute approximate surface area is 95.6 Å². The smallest absolute Gasteiger partial charge is 0.155 e. The molecule has 0 aliphatic heterocycles. The molecule has 2 aromatic rings. The lowest BCUT2D eigenvalue weighted by Gasteiger charge is -2.03. The number of hydrogen-bond acceptors (Lipinski definition) is 3. The van der Waals surface area contributed by atoms with Crippen LogP contribution in [0, 0.1) is 3.57 Å². The molecule has 1 N–H and O–H groups in total. The number of anilines is 1. The van der Waals surface area contributed by atoms with E-state index in [-0.39, 0.29) is 0 Å². The third-order valence-corrected chi connectivity index (χ3v) is 2.45. The summed E-state index contributed by atoms with van der Waals surface area (Å²) in [5.74, 6) is 0.837. The van der Waals surface area contributed by atoms with Gasteiger partial charge in [0.15, 0.2) is 5.76 Å². The highest BCUT2D eigenvalue weighted by Crippen LogP contribution is 2.13. The van der Waals surface area contributed by atoms with Gasteiger partial charge in [0.2, 0.25) is 0 Å². The molecular weight excluding hydrogens is 291 g/mol. The average Bonchev–Trinajstić information content (AvgIpc) is 2.67. The molecule has 0 fully saturated rings. The molecule has 0 atom stereocenters. The van der Waals surface area contributed by atoms with Crippen LogP contribution in [0.25, 0.3) is 0 Å². The van der Waals surface area contributed by atoms with Crippen molar-refractivity contribution in [1.82, 2.24) is 5.16 Å². The number of halogens is 1. The summed E-state index contributed by atoms with van der Waals surface area (Å²) < 4.78 is 6.18. The minimum absolute atomic E-state index is 0.667. The van der Waals surface area contributed by atoms with E-state index in [1.165, 1.54) is 3.57 Å². The summed E-state index contributed by atoms with van der Waals surface area (Å²) in [5.41, 5.74) is 1.09. The van der Waals surface area contributed by atoms with Gasteiger partial charge in [0.25, 0.3) is 0 Å². The second kappa shape index (κ2) is 4.45. The zero-order chi connectivity index (χ0) is 9.80. The predicted octanol–water partition coefficient (Wildman–Crippen LogP) is 2.89. The van der Waals surface area contributed by atoms with E-state index in [0.29, 0.717) is 6.54 Å². The molecule has 0 bridgehead atoms.